The number of aryl methyl sites for hydroxylation is 2. The molecule has 1 nitrogen and oxygen atoms in total. The monoisotopic (exact) mass is 412 g/mol. The molecule has 2 aliphatic carbocycles. The van der Waals surface area contributed by atoms with Crippen molar-refractivity contribution in [3.05, 3.63) is 71.9 Å². The molecule has 0 N–H and O–H groups in total. The van der Waals surface area contributed by atoms with E-state index in [0.29, 0.717) is 6.71 Å². The largest absolute Gasteiger partial charge is 0.245 e. The number of hydrogen-bond donors (Lipinski definition) is 0. The number of rotatable bonds is 1. The normalized spacial score (nSPS) is 23.7. The van der Waals surface area contributed by atoms with Crippen molar-refractivity contribution in [2.24, 2.45) is 18.9 Å². The minimum absolute atomic E-state index is 0.368. The van der Waals surface area contributed by atoms with Crippen LogP contribution < -0.4 is 21.0 Å². The lowest BCUT2D eigenvalue weighted by Crippen LogP contribution is -2.54. The fraction of sp³-hybridized carbons (Fsp3) is 0.300. The molecule has 3 heterocycles. The molecule has 2 saturated carbocycles. The van der Waals surface area contributed by atoms with Gasteiger partial charge in [0, 0.05) is 17.0 Å². The molecule has 2 fully saturated rings. The molecular weight excluding hydrogens is 385 g/mol. The lowest BCUT2D eigenvalue weighted by atomic mass is 9.35. The predicted molar refractivity (Wildman–Crippen MR) is 134 cm³/mol. The summed E-state index contributed by atoms with van der Waals surface area (Å²) in [5, 5.41) is 2.92. The quantitative estimate of drug-likeness (QED) is 0.279. The molecule has 154 valence electrons. The Balaban J connectivity index is 1.50. The fourth-order valence-electron chi connectivity index (χ4n) is 8.01. The molecule has 3 unspecified atom stereocenters. The topological polar surface area (TPSA) is 3.88 Å². The Morgan fingerprint density at radius 3 is 2.66 bits per heavy atom. The lowest BCUT2D eigenvalue weighted by Gasteiger charge is -2.27. The van der Waals surface area contributed by atoms with E-state index in [4.69, 9.17) is 0 Å². The van der Waals surface area contributed by atoms with E-state index in [1.165, 1.54) is 69.9 Å². The summed E-state index contributed by atoms with van der Waals surface area (Å²) in [7, 11) is 2.23. The van der Waals surface area contributed by atoms with Crippen molar-refractivity contribution in [2.75, 3.05) is 0 Å². The third-order valence-corrected chi connectivity index (χ3v) is 9.31. The van der Waals surface area contributed by atoms with Crippen molar-refractivity contribution >= 4 is 33.9 Å². The second kappa shape index (κ2) is 5.92. The summed E-state index contributed by atoms with van der Waals surface area (Å²) in [4.78, 5) is 0. The number of nitrogens with zero attached hydrogens (tertiary/aromatic N) is 1. The van der Waals surface area contributed by atoms with Gasteiger partial charge in [0.15, 0.2) is 6.20 Å². The van der Waals surface area contributed by atoms with E-state index in [2.05, 4.69) is 79.3 Å². The Kier molecular flexibility index (Phi) is 3.27. The van der Waals surface area contributed by atoms with Crippen LogP contribution in [0.4, 0.5) is 0 Å². The zero-order valence-corrected chi connectivity index (χ0v) is 18.9. The van der Waals surface area contributed by atoms with Crippen LogP contribution in [0.5, 0.6) is 0 Å². The van der Waals surface area contributed by atoms with E-state index in [0.717, 1.165) is 17.8 Å². The van der Waals surface area contributed by atoms with Gasteiger partial charge in [0.25, 0.3) is 0 Å². The van der Waals surface area contributed by atoms with Gasteiger partial charge >= 0.3 is 0 Å². The number of aromatic nitrogens is 1. The maximum atomic E-state index is 2.64. The number of fused-ring (bicyclic) bond motifs is 7. The zero-order valence-electron chi connectivity index (χ0n) is 18.9. The van der Waals surface area contributed by atoms with Gasteiger partial charge in [-0.15, -0.1) is 0 Å². The maximum absolute atomic E-state index is 2.64. The highest BCUT2D eigenvalue weighted by Crippen LogP contribution is 2.53. The Bertz CT molecular complexity index is 1480. The van der Waals surface area contributed by atoms with Gasteiger partial charge in [0.05, 0.1) is 0 Å². The van der Waals surface area contributed by atoms with Gasteiger partial charge in [-0.05, 0) is 77.0 Å². The van der Waals surface area contributed by atoms with Crippen LogP contribution in [-0.2, 0) is 7.05 Å². The fourth-order valence-corrected chi connectivity index (χ4v) is 8.01. The second-order valence-electron chi connectivity index (χ2n) is 10.9. The molecule has 3 atom stereocenters. The minimum atomic E-state index is 0.368. The van der Waals surface area contributed by atoms with Crippen LogP contribution in [0.1, 0.15) is 42.7 Å². The molecule has 3 aromatic carbocycles. The Morgan fingerprint density at radius 2 is 1.81 bits per heavy atom. The summed E-state index contributed by atoms with van der Waals surface area (Å²) in [5.41, 5.74) is 13.4. The van der Waals surface area contributed by atoms with Crippen LogP contribution in [0.15, 0.2) is 60.8 Å². The molecule has 4 aromatic rings. The summed E-state index contributed by atoms with van der Waals surface area (Å²) in [6, 6.07) is 21.4. The van der Waals surface area contributed by atoms with Gasteiger partial charge in [0.1, 0.15) is 7.05 Å². The van der Waals surface area contributed by atoms with Crippen LogP contribution in [0.25, 0.3) is 33.2 Å². The maximum Gasteiger partial charge on any atom is 0.245 e. The summed E-state index contributed by atoms with van der Waals surface area (Å²) in [5.74, 6) is 2.65. The van der Waals surface area contributed by atoms with E-state index in [1.807, 2.05) is 0 Å². The molecular formula is C30H27BN+. The van der Waals surface area contributed by atoms with E-state index >= 15 is 0 Å². The highest BCUT2D eigenvalue weighted by molar-refractivity contribution is 7.01. The van der Waals surface area contributed by atoms with Crippen molar-refractivity contribution < 1.29 is 4.57 Å². The SMILES string of the molecule is Cc1ccc2c3c1-c1c4c(cc(C5CC6CCC5C6)cc4cc[n+]1C)B3c1ccccc1-2. The number of benzene rings is 3. The number of hydrogen-bond acceptors (Lipinski definition) is 0. The van der Waals surface area contributed by atoms with Gasteiger partial charge < -0.3 is 0 Å². The second-order valence-corrected chi connectivity index (χ2v) is 10.9. The van der Waals surface area contributed by atoms with Gasteiger partial charge in [0.2, 0.25) is 12.4 Å². The minimum Gasteiger partial charge on any atom is -0.200 e. The van der Waals surface area contributed by atoms with Crippen molar-refractivity contribution in [3.8, 4) is 22.4 Å². The first-order chi connectivity index (χ1) is 15.7. The molecule has 8 rings (SSSR count). The summed E-state index contributed by atoms with van der Waals surface area (Å²) in [6.45, 7) is 2.66. The smallest absolute Gasteiger partial charge is 0.200 e. The highest BCUT2D eigenvalue weighted by atomic mass is 14.9. The average molecular weight is 412 g/mol. The summed E-state index contributed by atoms with van der Waals surface area (Å²) in [6.07, 6.45) is 8.06. The molecule has 0 radical (unpaired) electrons. The molecule has 1 aromatic heterocycles. The summed E-state index contributed by atoms with van der Waals surface area (Å²) >= 11 is 0. The van der Waals surface area contributed by atoms with Crippen LogP contribution in [-0.4, -0.2) is 6.71 Å². The number of pyridine rings is 1. The van der Waals surface area contributed by atoms with Gasteiger partial charge in [-0.2, -0.15) is 0 Å². The Morgan fingerprint density at radius 1 is 0.906 bits per heavy atom. The molecule has 4 aliphatic rings. The average Bonchev–Trinajstić information content (AvgIpc) is 3.53. The highest BCUT2D eigenvalue weighted by Gasteiger charge is 2.45. The van der Waals surface area contributed by atoms with Crippen molar-refractivity contribution in [1.29, 1.82) is 0 Å². The first kappa shape index (κ1) is 17.7. The van der Waals surface area contributed by atoms with E-state index in [9.17, 15) is 0 Å². The third kappa shape index (κ3) is 2.05. The zero-order chi connectivity index (χ0) is 21.1. The van der Waals surface area contributed by atoms with Gasteiger partial charge in [-0.25, -0.2) is 4.57 Å². The van der Waals surface area contributed by atoms with E-state index in [-0.39, 0.29) is 0 Å². The van der Waals surface area contributed by atoms with Crippen molar-refractivity contribution in [3.63, 3.8) is 0 Å². The van der Waals surface area contributed by atoms with Gasteiger partial charge in [-0.1, -0.05) is 65.9 Å². The van der Waals surface area contributed by atoms with Crippen LogP contribution >= 0.6 is 0 Å². The molecule has 0 spiro atoms. The predicted octanol–water partition coefficient (Wildman–Crippen LogP) is 4.35. The molecule has 32 heavy (non-hydrogen) atoms. The lowest BCUT2D eigenvalue weighted by molar-refractivity contribution is -0.659. The molecule has 2 aliphatic heterocycles. The van der Waals surface area contributed by atoms with E-state index in [1.54, 1.807) is 16.5 Å². The Labute approximate surface area is 190 Å². The molecule has 0 saturated heterocycles. The first-order valence-corrected chi connectivity index (χ1v) is 12.4. The summed E-state index contributed by atoms with van der Waals surface area (Å²) < 4.78 is 2.37. The van der Waals surface area contributed by atoms with Crippen LogP contribution in [0.2, 0.25) is 0 Å². The van der Waals surface area contributed by atoms with Crippen molar-refractivity contribution in [2.45, 2.75) is 38.5 Å². The third-order valence-electron chi connectivity index (χ3n) is 9.31. The first-order valence-electron chi connectivity index (χ1n) is 12.4. The molecule has 2 bridgehead atoms. The standard InChI is InChI=1S/C30H27BN/c1-17-7-10-23-22-5-3-4-6-25(22)31-26-16-21(24-14-18-8-9-19(24)13-18)15-20-11-12-32(2)30(28(20)26)27(17)29(23)31/h3-7,10-12,15-16,18-19,24H,8-9,13-14H2,1-2H3/q+1. The Hall–Kier alpha value is -2.87. The van der Waals surface area contributed by atoms with Gasteiger partial charge in [-0.3, -0.25) is 0 Å². The molecule has 0 amide bonds. The van der Waals surface area contributed by atoms with Crippen LogP contribution in [0, 0.1) is 18.8 Å². The van der Waals surface area contributed by atoms with E-state index < -0.39 is 0 Å². The van der Waals surface area contributed by atoms with Crippen LogP contribution in [0.3, 0.4) is 0 Å². The van der Waals surface area contributed by atoms with Crippen molar-refractivity contribution in [1.82, 2.24) is 0 Å². The molecule has 2 heteroatoms.